The lowest BCUT2D eigenvalue weighted by Crippen LogP contribution is -2.46. The number of rotatable bonds is 6. The molecule has 1 unspecified atom stereocenters. The van der Waals surface area contributed by atoms with Gasteiger partial charge in [0.25, 0.3) is 10.0 Å². The van der Waals surface area contributed by atoms with Gasteiger partial charge >= 0.3 is 5.97 Å². The van der Waals surface area contributed by atoms with Crippen LogP contribution in [0.15, 0.2) is 47.4 Å². The maximum atomic E-state index is 13.2. The fourth-order valence-electron chi connectivity index (χ4n) is 3.13. The van der Waals surface area contributed by atoms with Gasteiger partial charge in [-0.1, -0.05) is 17.7 Å². The highest BCUT2D eigenvalue weighted by Crippen LogP contribution is 2.34. The minimum Gasteiger partial charge on any atom is -0.482 e. The molecule has 0 saturated heterocycles. The van der Waals surface area contributed by atoms with Crippen LogP contribution in [0.2, 0.25) is 0 Å². The number of carbonyl (C=O) groups excluding carboxylic acids is 1. The summed E-state index contributed by atoms with van der Waals surface area (Å²) in [7, 11) is -3.73. The zero-order valence-electron chi connectivity index (χ0n) is 15.9. The summed E-state index contributed by atoms with van der Waals surface area (Å²) in [5.74, 6) is 0.00841. The molecule has 28 heavy (non-hydrogen) atoms. The largest absolute Gasteiger partial charge is 0.482 e. The van der Waals surface area contributed by atoms with Crippen molar-refractivity contribution in [3.05, 3.63) is 53.6 Å². The predicted molar refractivity (Wildman–Crippen MR) is 106 cm³/mol. The van der Waals surface area contributed by atoms with Gasteiger partial charge in [0.1, 0.15) is 5.75 Å². The molecule has 8 heteroatoms. The van der Waals surface area contributed by atoms with E-state index in [0.29, 0.717) is 17.9 Å². The van der Waals surface area contributed by atoms with Gasteiger partial charge in [0.15, 0.2) is 6.61 Å². The Labute approximate surface area is 165 Å². The first-order chi connectivity index (χ1) is 13.3. The molecule has 1 heterocycles. The van der Waals surface area contributed by atoms with Gasteiger partial charge < -0.3 is 15.2 Å². The number of benzene rings is 2. The summed E-state index contributed by atoms with van der Waals surface area (Å²) in [6.07, 6.45) is 0.520. The van der Waals surface area contributed by atoms with Gasteiger partial charge in [0.2, 0.25) is 0 Å². The molecule has 0 saturated carbocycles. The third-order valence-electron chi connectivity index (χ3n) is 4.47. The average Bonchev–Trinajstić information content (AvgIpc) is 2.66. The third-order valence-corrected chi connectivity index (χ3v) is 6.27. The molecule has 1 atom stereocenters. The maximum absolute atomic E-state index is 13.2. The van der Waals surface area contributed by atoms with E-state index in [9.17, 15) is 13.2 Å². The van der Waals surface area contributed by atoms with Crippen molar-refractivity contribution in [2.24, 2.45) is 5.73 Å². The van der Waals surface area contributed by atoms with Crippen molar-refractivity contribution in [2.75, 3.05) is 24.1 Å². The van der Waals surface area contributed by atoms with Gasteiger partial charge in [-0.25, -0.2) is 13.2 Å². The molecule has 0 radical (unpaired) electrons. The van der Waals surface area contributed by atoms with Crippen molar-refractivity contribution < 1.29 is 22.7 Å². The number of nitrogens with two attached hydrogens (primary N) is 1. The third kappa shape index (κ3) is 4.28. The van der Waals surface area contributed by atoms with E-state index in [0.717, 1.165) is 11.1 Å². The number of carbonyl (C=O) groups is 1. The van der Waals surface area contributed by atoms with Crippen LogP contribution in [0.1, 0.15) is 18.1 Å². The number of ether oxygens (including phenoxy) is 2. The fourth-order valence-corrected chi connectivity index (χ4v) is 4.69. The molecule has 150 valence electrons. The van der Waals surface area contributed by atoms with Gasteiger partial charge in [-0.2, -0.15) is 0 Å². The van der Waals surface area contributed by atoms with Gasteiger partial charge in [-0.3, -0.25) is 4.31 Å². The topological polar surface area (TPSA) is 98.9 Å². The Balaban J connectivity index is 1.89. The highest BCUT2D eigenvalue weighted by Gasteiger charge is 2.32. The standard InChI is InChI=1S/C20H24N2O5S/c1-3-26-20(23)13-27-17-6-9-19-15(11-17)10-16(21)12-22(19)28(24,25)18-7-4-14(2)5-8-18/h4-9,11,16H,3,10,12-13,21H2,1-2H3. The summed E-state index contributed by atoms with van der Waals surface area (Å²) in [4.78, 5) is 11.7. The van der Waals surface area contributed by atoms with Crippen LogP contribution in [-0.2, 0) is 26.0 Å². The van der Waals surface area contributed by atoms with E-state index in [1.807, 2.05) is 6.92 Å². The van der Waals surface area contributed by atoms with Crippen molar-refractivity contribution in [1.29, 1.82) is 0 Å². The molecule has 2 N–H and O–H groups in total. The first kappa shape index (κ1) is 20.2. The Bertz CT molecular complexity index is 957. The smallest absolute Gasteiger partial charge is 0.344 e. The number of hydrogen-bond acceptors (Lipinski definition) is 6. The summed E-state index contributed by atoms with van der Waals surface area (Å²) in [6.45, 7) is 3.91. The van der Waals surface area contributed by atoms with Crippen LogP contribution in [-0.4, -0.2) is 40.2 Å². The van der Waals surface area contributed by atoms with Crippen molar-refractivity contribution >= 4 is 21.7 Å². The molecule has 2 aromatic rings. The van der Waals surface area contributed by atoms with Crippen LogP contribution in [0.5, 0.6) is 5.75 Å². The molecule has 0 bridgehead atoms. The van der Waals surface area contributed by atoms with Crippen LogP contribution in [0.25, 0.3) is 0 Å². The zero-order chi connectivity index (χ0) is 20.3. The minimum absolute atomic E-state index is 0.201. The van der Waals surface area contributed by atoms with E-state index in [4.69, 9.17) is 15.2 Å². The second kappa shape index (κ2) is 8.20. The number of aryl methyl sites for hydroxylation is 1. The van der Waals surface area contributed by atoms with Gasteiger partial charge in [0, 0.05) is 12.6 Å². The molecular weight excluding hydrogens is 380 g/mol. The van der Waals surface area contributed by atoms with Crippen LogP contribution in [0.3, 0.4) is 0 Å². The van der Waals surface area contributed by atoms with Crippen LogP contribution in [0.4, 0.5) is 5.69 Å². The lowest BCUT2D eigenvalue weighted by molar-refractivity contribution is -0.145. The molecule has 0 fully saturated rings. The number of esters is 1. The van der Waals surface area contributed by atoms with E-state index in [2.05, 4.69) is 0 Å². The van der Waals surface area contributed by atoms with Crippen molar-refractivity contribution in [2.45, 2.75) is 31.2 Å². The molecular formula is C20H24N2O5S. The Morgan fingerprint density at radius 1 is 1.21 bits per heavy atom. The first-order valence-corrected chi connectivity index (χ1v) is 10.5. The monoisotopic (exact) mass is 404 g/mol. The number of sulfonamides is 1. The van der Waals surface area contributed by atoms with Crippen molar-refractivity contribution in [3.8, 4) is 5.75 Å². The number of nitrogens with zero attached hydrogens (tertiary/aromatic N) is 1. The molecule has 7 nitrogen and oxygen atoms in total. The number of anilines is 1. The Hall–Kier alpha value is -2.58. The lowest BCUT2D eigenvalue weighted by atomic mass is 10.00. The molecule has 1 aliphatic rings. The first-order valence-electron chi connectivity index (χ1n) is 9.07. The Morgan fingerprint density at radius 2 is 1.93 bits per heavy atom. The highest BCUT2D eigenvalue weighted by molar-refractivity contribution is 7.92. The van der Waals surface area contributed by atoms with Crippen LogP contribution >= 0.6 is 0 Å². The molecule has 0 aliphatic carbocycles. The maximum Gasteiger partial charge on any atom is 0.344 e. The summed E-state index contributed by atoms with van der Waals surface area (Å²) < 4.78 is 38.0. The predicted octanol–water partition coefficient (Wildman–Crippen LogP) is 2.02. The minimum atomic E-state index is -3.73. The second-order valence-electron chi connectivity index (χ2n) is 6.70. The summed E-state index contributed by atoms with van der Waals surface area (Å²) in [6, 6.07) is 11.5. The van der Waals surface area contributed by atoms with E-state index >= 15 is 0 Å². The normalized spacial score (nSPS) is 16.4. The Morgan fingerprint density at radius 3 is 2.61 bits per heavy atom. The van der Waals surface area contributed by atoms with Gasteiger partial charge in [-0.15, -0.1) is 0 Å². The molecule has 1 aliphatic heterocycles. The summed E-state index contributed by atoms with van der Waals surface area (Å²) in [5, 5.41) is 0. The number of fused-ring (bicyclic) bond motifs is 1. The molecule has 2 aromatic carbocycles. The SMILES string of the molecule is CCOC(=O)COc1ccc2c(c1)CC(N)CN2S(=O)(=O)c1ccc(C)cc1. The van der Waals surface area contributed by atoms with Gasteiger partial charge in [0.05, 0.1) is 17.2 Å². The molecule has 3 rings (SSSR count). The van der Waals surface area contributed by atoms with Crippen molar-refractivity contribution in [1.82, 2.24) is 0 Å². The second-order valence-corrected chi connectivity index (χ2v) is 8.56. The van der Waals surface area contributed by atoms with Crippen LogP contribution in [0, 0.1) is 6.92 Å². The van der Waals surface area contributed by atoms with E-state index in [1.54, 1.807) is 49.4 Å². The quantitative estimate of drug-likeness (QED) is 0.740. The number of hydrogen-bond donors (Lipinski definition) is 1. The van der Waals surface area contributed by atoms with E-state index < -0.39 is 16.0 Å². The summed E-state index contributed by atoms with van der Waals surface area (Å²) in [5.41, 5.74) is 8.45. The average molecular weight is 404 g/mol. The van der Waals surface area contributed by atoms with Crippen LogP contribution < -0.4 is 14.8 Å². The molecule has 0 amide bonds. The lowest BCUT2D eigenvalue weighted by Gasteiger charge is -2.34. The van der Waals surface area contributed by atoms with E-state index in [-0.39, 0.29) is 30.7 Å². The zero-order valence-corrected chi connectivity index (χ0v) is 16.7. The van der Waals surface area contributed by atoms with E-state index in [1.165, 1.54) is 4.31 Å². The summed E-state index contributed by atoms with van der Waals surface area (Å²) >= 11 is 0. The fraction of sp³-hybridized carbons (Fsp3) is 0.350. The highest BCUT2D eigenvalue weighted by atomic mass is 32.2. The van der Waals surface area contributed by atoms with Gasteiger partial charge in [-0.05, 0) is 56.2 Å². The molecule has 0 spiro atoms. The van der Waals surface area contributed by atoms with Crippen molar-refractivity contribution in [3.63, 3.8) is 0 Å². The Kier molecular flexibility index (Phi) is 5.90. The molecule has 0 aromatic heterocycles.